The van der Waals surface area contributed by atoms with Gasteiger partial charge in [0.15, 0.2) is 0 Å². The molecule has 0 aromatic heterocycles. The standard InChI is InChI=1S/C17H15FN2O2/c1-20-15-6-5-11(7-12(15)9-17(20)22)8-16(21)19-14-4-2-3-13(18)10-14/h2-7,10H,8-9H2,1H3,(H,19,21). The SMILES string of the molecule is CN1C(=O)Cc2cc(CC(=O)Nc3cccc(F)c3)ccc21. The number of likely N-dealkylation sites (N-methyl/N-ethyl adjacent to an activating group) is 1. The predicted molar refractivity (Wildman–Crippen MR) is 82.3 cm³/mol. The van der Waals surface area contributed by atoms with Crippen molar-refractivity contribution in [3.63, 3.8) is 0 Å². The highest BCUT2D eigenvalue weighted by Gasteiger charge is 2.24. The van der Waals surface area contributed by atoms with Gasteiger partial charge in [-0.1, -0.05) is 18.2 Å². The summed E-state index contributed by atoms with van der Waals surface area (Å²) in [7, 11) is 1.74. The Bertz CT molecular complexity index is 758. The second kappa shape index (κ2) is 5.60. The van der Waals surface area contributed by atoms with Crippen molar-refractivity contribution >= 4 is 23.2 Å². The molecule has 2 amide bonds. The molecule has 4 nitrogen and oxygen atoms in total. The fraction of sp³-hybridized carbons (Fsp3) is 0.176. The number of carbonyl (C=O) groups is 2. The van der Waals surface area contributed by atoms with Crippen LogP contribution < -0.4 is 10.2 Å². The molecule has 112 valence electrons. The van der Waals surface area contributed by atoms with Crippen LogP contribution >= 0.6 is 0 Å². The van der Waals surface area contributed by atoms with Gasteiger partial charge in [-0.15, -0.1) is 0 Å². The highest BCUT2D eigenvalue weighted by molar-refractivity contribution is 6.01. The monoisotopic (exact) mass is 298 g/mol. The minimum absolute atomic E-state index is 0.0522. The third-order valence-electron chi connectivity index (χ3n) is 3.69. The molecule has 0 bridgehead atoms. The summed E-state index contributed by atoms with van der Waals surface area (Å²) in [6, 6.07) is 11.3. The number of hydrogen-bond acceptors (Lipinski definition) is 2. The van der Waals surface area contributed by atoms with Crippen LogP contribution in [0.25, 0.3) is 0 Å². The number of fused-ring (bicyclic) bond motifs is 1. The Kier molecular flexibility index (Phi) is 3.63. The van der Waals surface area contributed by atoms with E-state index in [2.05, 4.69) is 5.32 Å². The van der Waals surface area contributed by atoms with Gasteiger partial charge in [-0.2, -0.15) is 0 Å². The molecule has 2 aromatic rings. The van der Waals surface area contributed by atoms with Crippen LogP contribution in [0.4, 0.5) is 15.8 Å². The number of nitrogens with one attached hydrogen (secondary N) is 1. The molecule has 0 atom stereocenters. The summed E-state index contributed by atoms with van der Waals surface area (Å²) in [5, 5.41) is 2.66. The molecular weight excluding hydrogens is 283 g/mol. The van der Waals surface area contributed by atoms with Crippen molar-refractivity contribution in [3.8, 4) is 0 Å². The fourth-order valence-electron chi connectivity index (χ4n) is 2.59. The van der Waals surface area contributed by atoms with Gasteiger partial charge in [0.05, 0.1) is 12.8 Å². The van der Waals surface area contributed by atoms with Crippen molar-refractivity contribution in [1.82, 2.24) is 0 Å². The highest BCUT2D eigenvalue weighted by Crippen LogP contribution is 2.28. The van der Waals surface area contributed by atoms with Crippen LogP contribution in [-0.2, 0) is 22.4 Å². The molecule has 0 saturated heterocycles. The van der Waals surface area contributed by atoms with Gasteiger partial charge in [0, 0.05) is 18.4 Å². The Morgan fingerprint density at radius 2 is 2.09 bits per heavy atom. The molecule has 3 rings (SSSR count). The van der Waals surface area contributed by atoms with E-state index in [0.717, 1.165) is 16.8 Å². The lowest BCUT2D eigenvalue weighted by molar-refractivity contribution is -0.117. The first-order valence-corrected chi connectivity index (χ1v) is 6.97. The number of rotatable bonds is 3. The molecule has 0 spiro atoms. The molecule has 0 aliphatic carbocycles. The minimum Gasteiger partial charge on any atom is -0.326 e. The largest absolute Gasteiger partial charge is 0.326 e. The molecule has 1 aliphatic rings. The molecule has 1 N–H and O–H groups in total. The maximum absolute atomic E-state index is 13.1. The quantitative estimate of drug-likeness (QED) is 0.946. The molecular formula is C17H15FN2O2. The van der Waals surface area contributed by atoms with Crippen molar-refractivity contribution in [1.29, 1.82) is 0 Å². The maximum atomic E-state index is 13.1. The fourth-order valence-corrected chi connectivity index (χ4v) is 2.59. The molecule has 0 radical (unpaired) electrons. The van der Waals surface area contributed by atoms with E-state index >= 15 is 0 Å². The van der Waals surface area contributed by atoms with Gasteiger partial charge in [-0.25, -0.2) is 4.39 Å². The molecule has 1 aliphatic heterocycles. The van der Waals surface area contributed by atoms with Crippen LogP contribution in [0.5, 0.6) is 0 Å². The van der Waals surface area contributed by atoms with Crippen LogP contribution in [0.3, 0.4) is 0 Å². The zero-order valence-electron chi connectivity index (χ0n) is 12.1. The van der Waals surface area contributed by atoms with Gasteiger partial charge in [-0.05, 0) is 35.4 Å². The van der Waals surface area contributed by atoms with Gasteiger partial charge >= 0.3 is 0 Å². The Balaban J connectivity index is 1.70. The number of anilines is 2. The van der Waals surface area contributed by atoms with Crippen LogP contribution in [0.2, 0.25) is 0 Å². The molecule has 1 heterocycles. The zero-order valence-corrected chi connectivity index (χ0v) is 12.1. The second-order valence-electron chi connectivity index (χ2n) is 5.33. The van der Waals surface area contributed by atoms with Crippen molar-refractivity contribution < 1.29 is 14.0 Å². The third kappa shape index (κ3) is 2.83. The Morgan fingerprint density at radius 1 is 1.27 bits per heavy atom. The van der Waals surface area contributed by atoms with Crippen LogP contribution in [-0.4, -0.2) is 18.9 Å². The normalized spacial score (nSPS) is 13.2. The number of carbonyl (C=O) groups excluding carboxylic acids is 2. The van der Waals surface area contributed by atoms with E-state index < -0.39 is 5.82 Å². The highest BCUT2D eigenvalue weighted by atomic mass is 19.1. The van der Waals surface area contributed by atoms with E-state index in [9.17, 15) is 14.0 Å². The minimum atomic E-state index is -0.392. The Hall–Kier alpha value is -2.69. The smallest absolute Gasteiger partial charge is 0.231 e. The summed E-state index contributed by atoms with van der Waals surface area (Å²) in [6.07, 6.45) is 0.548. The maximum Gasteiger partial charge on any atom is 0.231 e. The van der Waals surface area contributed by atoms with Crippen LogP contribution in [0.1, 0.15) is 11.1 Å². The predicted octanol–water partition coefficient (Wildman–Crippen LogP) is 2.53. The lowest BCUT2D eigenvalue weighted by atomic mass is 10.1. The number of halogens is 1. The second-order valence-corrected chi connectivity index (χ2v) is 5.33. The average Bonchev–Trinajstić information content (AvgIpc) is 2.73. The Morgan fingerprint density at radius 3 is 2.86 bits per heavy atom. The number of benzene rings is 2. The number of hydrogen-bond donors (Lipinski definition) is 1. The first-order valence-electron chi connectivity index (χ1n) is 6.97. The summed E-state index contributed by atoms with van der Waals surface area (Å²) in [5.74, 6) is -0.559. The van der Waals surface area contributed by atoms with Gasteiger partial charge in [-0.3, -0.25) is 9.59 Å². The average molecular weight is 298 g/mol. The molecule has 5 heteroatoms. The summed E-state index contributed by atoms with van der Waals surface area (Å²) in [5.41, 5.74) is 3.08. The van der Waals surface area contributed by atoms with Crippen LogP contribution in [0.15, 0.2) is 42.5 Å². The summed E-state index contributed by atoms with van der Waals surface area (Å²) >= 11 is 0. The van der Waals surface area contributed by atoms with Gasteiger partial charge in [0.25, 0.3) is 0 Å². The number of nitrogens with zero attached hydrogens (tertiary/aromatic N) is 1. The molecule has 2 aromatic carbocycles. The summed E-state index contributed by atoms with van der Waals surface area (Å²) in [4.78, 5) is 25.3. The third-order valence-corrected chi connectivity index (χ3v) is 3.69. The van der Waals surface area contributed by atoms with Crippen molar-refractivity contribution in [2.45, 2.75) is 12.8 Å². The number of amides is 2. The van der Waals surface area contributed by atoms with E-state index in [1.165, 1.54) is 12.1 Å². The zero-order chi connectivity index (χ0) is 15.7. The van der Waals surface area contributed by atoms with Gasteiger partial charge in [0.2, 0.25) is 11.8 Å². The van der Waals surface area contributed by atoms with E-state index in [0.29, 0.717) is 12.1 Å². The lowest BCUT2D eigenvalue weighted by Crippen LogP contribution is -2.20. The molecule has 0 unspecified atom stereocenters. The molecule has 0 saturated carbocycles. The van der Waals surface area contributed by atoms with E-state index in [1.54, 1.807) is 24.1 Å². The van der Waals surface area contributed by atoms with Gasteiger partial charge < -0.3 is 10.2 Å². The first-order chi connectivity index (χ1) is 10.5. The van der Waals surface area contributed by atoms with E-state index in [4.69, 9.17) is 0 Å². The van der Waals surface area contributed by atoms with Crippen LogP contribution in [0, 0.1) is 5.82 Å². The van der Waals surface area contributed by atoms with E-state index in [-0.39, 0.29) is 18.2 Å². The first kappa shape index (κ1) is 14.3. The van der Waals surface area contributed by atoms with E-state index in [1.807, 2.05) is 18.2 Å². The topological polar surface area (TPSA) is 49.4 Å². The summed E-state index contributed by atoms with van der Waals surface area (Å²) < 4.78 is 13.1. The molecule has 0 fully saturated rings. The summed E-state index contributed by atoms with van der Waals surface area (Å²) in [6.45, 7) is 0. The van der Waals surface area contributed by atoms with Crippen molar-refractivity contribution in [3.05, 3.63) is 59.4 Å². The van der Waals surface area contributed by atoms with Crippen molar-refractivity contribution in [2.75, 3.05) is 17.3 Å². The van der Waals surface area contributed by atoms with Crippen molar-refractivity contribution in [2.24, 2.45) is 0 Å². The molecule has 22 heavy (non-hydrogen) atoms. The van der Waals surface area contributed by atoms with Gasteiger partial charge in [0.1, 0.15) is 5.82 Å². The lowest BCUT2D eigenvalue weighted by Gasteiger charge is -2.10. The Labute approximate surface area is 127 Å².